The summed E-state index contributed by atoms with van der Waals surface area (Å²) in [6.45, 7) is 8.09. The summed E-state index contributed by atoms with van der Waals surface area (Å²) in [5.41, 5.74) is 1.40. The molecule has 0 radical (unpaired) electrons. The first-order valence-corrected chi connectivity index (χ1v) is 8.26. The lowest BCUT2D eigenvalue weighted by Gasteiger charge is -2.37. The molecule has 3 nitrogen and oxygen atoms in total. The van der Waals surface area contributed by atoms with Gasteiger partial charge in [-0.1, -0.05) is 30.3 Å². The van der Waals surface area contributed by atoms with Crippen LogP contribution in [0.4, 0.5) is 0 Å². The Morgan fingerprint density at radius 1 is 1.14 bits per heavy atom. The summed E-state index contributed by atoms with van der Waals surface area (Å²) in [6, 6.07) is 12.6. The second kappa shape index (κ2) is 7.92. The molecule has 1 unspecified atom stereocenters. The summed E-state index contributed by atoms with van der Waals surface area (Å²) in [4.78, 5) is 4.86. The monoisotopic (exact) mass is 289 g/mol. The van der Waals surface area contributed by atoms with Gasteiger partial charge in [-0.05, 0) is 59.4 Å². The van der Waals surface area contributed by atoms with E-state index in [2.05, 4.69) is 73.4 Å². The van der Waals surface area contributed by atoms with Crippen molar-refractivity contribution in [1.82, 2.24) is 15.1 Å². The van der Waals surface area contributed by atoms with E-state index < -0.39 is 0 Å². The number of benzene rings is 1. The van der Waals surface area contributed by atoms with Gasteiger partial charge in [-0.3, -0.25) is 0 Å². The Bertz CT molecular complexity index is 394. The molecule has 0 saturated carbocycles. The van der Waals surface area contributed by atoms with E-state index in [1.54, 1.807) is 0 Å². The second-order valence-electron chi connectivity index (χ2n) is 6.80. The van der Waals surface area contributed by atoms with Crippen molar-refractivity contribution in [1.29, 1.82) is 0 Å². The molecule has 0 aromatic heterocycles. The minimum absolute atomic E-state index is 0.428. The van der Waals surface area contributed by atoms with E-state index in [9.17, 15) is 0 Å². The van der Waals surface area contributed by atoms with Crippen LogP contribution in [0.15, 0.2) is 30.3 Å². The zero-order valence-electron chi connectivity index (χ0n) is 14.0. The molecule has 1 aliphatic rings. The number of likely N-dealkylation sites (N-methyl/N-ethyl adjacent to an activating group) is 1. The molecule has 1 heterocycles. The van der Waals surface area contributed by atoms with Gasteiger partial charge in [-0.15, -0.1) is 0 Å². The Labute approximate surface area is 130 Å². The summed E-state index contributed by atoms with van der Waals surface area (Å²) >= 11 is 0. The minimum Gasteiger partial charge on any atom is -0.308 e. The van der Waals surface area contributed by atoms with Crippen molar-refractivity contribution in [2.45, 2.75) is 44.8 Å². The van der Waals surface area contributed by atoms with Gasteiger partial charge in [0.15, 0.2) is 0 Å². The Balaban J connectivity index is 1.94. The fourth-order valence-electron chi connectivity index (χ4n) is 3.17. The van der Waals surface area contributed by atoms with Crippen molar-refractivity contribution >= 4 is 0 Å². The summed E-state index contributed by atoms with van der Waals surface area (Å²) in [5.74, 6) is 0. The summed E-state index contributed by atoms with van der Waals surface area (Å²) in [7, 11) is 4.30. The molecule has 3 heteroatoms. The van der Waals surface area contributed by atoms with Crippen molar-refractivity contribution in [3.8, 4) is 0 Å². The molecule has 1 N–H and O–H groups in total. The number of nitrogens with zero attached hydrogens (tertiary/aromatic N) is 2. The Morgan fingerprint density at radius 3 is 2.29 bits per heavy atom. The SMILES string of the molecule is CC(C)N1CCC(NC(CN(C)C)c2ccccc2)CC1. The van der Waals surface area contributed by atoms with Crippen molar-refractivity contribution in [3.63, 3.8) is 0 Å². The molecule has 2 rings (SSSR count). The number of likely N-dealkylation sites (tertiary alicyclic amines) is 1. The highest BCUT2D eigenvalue weighted by Gasteiger charge is 2.23. The number of hydrogen-bond donors (Lipinski definition) is 1. The third-order valence-electron chi connectivity index (χ3n) is 4.45. The number of rotatable bonds is 6. The fraction of sp³-hybridized carbons (Fsp3) is 0.667. The Kier molecular flexibility index (Phi) is 6.22. The molecule has 21 heavy (non-hydrogen) atoms. The van der Waals surface area contributed by atoms with Crippen LogP contribution in [0.2, 0.25) is 0 Å². The molecule has 1 aromatic rings. The highest BCUT2D eigenvalue weighted by molar-refractivity contribution is 5.19. The molecule has 0 amide bonds. The summed E-state index contributed by atoms with van der Waals surface area (Å²) < 4.78 is 0. The largest absolute Gasteiger partial charge is 0.308 e. The summed E-state index contributed by atoms with van der Waals surface area (Å²) in [5, 5.41) is 3.89. The van der Waals surface area contributed by atoms with Gasteiger partial charge in [-0.25, -0.2) is 0 Å². The number of piperidine rings is 1. The first kappa shape index (κ1) is 16.5. The zero-order valence-corrected chi connectivity index (χ0v) is 14.0. The van der Waals surface area contributed by atoms with E-state index in [4.69, 9.17) is 0 Å². The highest BCUT2D eigenvalue weighted by atomic mass is 15.2. The van der Waals surface area contributed by atoms with Crippen molar-refractivity contribution < 1.29 is 0 Å². The standard InChI is InChI=1S/C18H31N3/c1-15(2)21-12-10-17(11-13-21)19-18(14-20(3)4)16-8-6-5-7-9-16/h5-9,15,17-19H,10-14H2,1-4H3. The van der Waals surface area contributed by atoms with Crippen LogP contribution in [-0.4, -0.2) is 55.6 Å². The zero-order chi connectivity index (χ0) is 15.2. The van der Waals surface area contributed by atoms with Crippen LogP contribution in [0.3, 0.4) is 0 Å². The molecule has 1 saturated heterocycles. The van der Waals surface area contributed by atoms with Crippen molar-refractivity contribution in [3.05, 3.63) is 35.9 Å². The molecule has 1 fully saturated rings. The molecule has 1 aromatic carbocycles. The molecule has 0 spiro atoms. The van der Waals surface area contributed by atoms with E-state index in [0.29, 0.717) is 18.1 Å². The van der Waals surface area contributed by atoms with Crippen molar-refractivity contribution in [2.75, 3.05) is 33.7 Å². The van der Waals surface area contributed by atoms with E-state index in [1.165, 1.54) is 31.5 Å². The lowest BCUT2D eigenvalue weighted by Crippen LogP contribution is -2.47. The minimum atomic E-state index is 0.428. The van der Waals surface area contributed by atoms with E-state index in [0.717, 1.165) is 6.54 Å². The smallest absolute Gasteiger partial charge is 0.0451 e. The van der Waals surface area contributed by atoms with Gasteiger partial charge in [-0.2, -0.15) is 0 Å². The first-order chi connectivity index (χ1) is 10.1. The van der Waals surface area contributed by atoms with Gasteiger partial charge in [0.2, 0.25) is 0 Å². The average molecular weight is 289 g/mol. The average Bonchev–Trinajstić information content (AvgIpc) is 2.47. The topological polar surface area (TPSA) is 18.5 Å². The van der Waals surface area contributed by atoms with E-state index in [-0.39, 0.29) is 0 Å². The quantitative estimate of drug-likeness (QED) is 0.869. The van der Waals surface area contributed by atoms with Crippen LogP contribution < -0.4 is 5.32 Å². The molecule has 118 valence electrons. The molecule has 0 bridgehead atoms. The Morgan fingerprint density at radius 2 is 1.76 bits per heavy atom. The molecular weight excluding hydrogens is 258 g/mol. The first-order valence-electron chi connectivity index (χ1n) is 8.26. The summed E-state index contributed by atoms with van der Waals surface area (Å²) in [6.07, 6.45) is 2.52. The van der Waals surface area contributed by atoms with Crippen LogP contribution in [0.5, 0.6) is 0 Å². The van der Waals surface area contributed by atoms with Gasteiger partial charge < -0.3 is 15.1 Å². The van der Waals surface area contributed by atoms with Crippen LogP contribution in [0.25, 0.3) is 0 Å². The predicted molar refractivity (Wildman–Crippen MR) is 90.6 cm³/mol. The maximum atomic E-state index is 3.89. The van der Waals surface area contributed by atoms with Gasteiger partial charge in [0.25, 0.3) is 0 Å². The lowest BCUT2D eigenvalue weighted by molar-refractivity contribution is 0.153. The fourth-order valence-corrected chi connectivity index (χ4v) is 3.17. The van der Waals surface area contributed by atoms with Gasteiger partial charge >= 0.3 is 0 Å². The molecule has 0 aliphatic carbocycles. The normalized spacial score (nSPS) is 19.3. The highest BCUT2D eigenvalue weighted by Crippen LogP contribution is 2.19. The Hall–Kier alpha value is -0.900. The maximum absolute atomic E-state index is 3.89. The van der Waals surface area contributed by atoms with Crippen LogP contribution >= 0.6 is 0 Å². The van der Waals surface area contributed by atoms with Crippen molar-refractivity contribution in [2.24, 2.45) is 0 Å². The van der Waals surface area contributed by atoms with Gasteiger partial charge in [0.1, 0.15) is 0 Å². The molecule has 1 atom stereocenters. The van der Waals surface area contributed by atoms with Gasteiger partial charge in [0.05, 0.1) is 0 Å². The van der Waals surface area contributed by atoms with Crippen LogP contribution in [0, 0.1) is 0 Å². The van der Waals surface area contributed by atoms with Crippen LogP contribution in [0.1, 0.15) is 38.3 Å². The van der Waals surface area contributed by atoms with E-state index >= 15 is 0 Å². The third-order valence-corrected chi connectivity index (χ3v) is 4.45. The molecular formula is C18H31N3. The van der Waals surface area contributed by atoms with E-state index in [1.807, 2.05) is 0 Å². The van der Waals surface area contributed by atoms with Gasteiger partial charge in [0, 0.05) is 24.7 Å². The molecule has 1 aliphatic heterocycles. The lowest BCUT2D eigenvalue weighted by atomic mass is 10.00. The number of nitrogens with one attached hydrogen (secondary N) is 1. The number of hydrogen-bond acceptors (Lipinski definition) is 3. The predicted octanol–water partition coefficient (Wildman–Crippen LogP) is 2.75. The van der Waals surface area contributed by atoms with Crippen LogP contribution in [-0.2, 0) is 0 Å². The maximum Gasteiger partial charge on any atom is 0.0451 e. The third kappa shape index (κ3) is 5.10. The second-order valence-corrected chi connectivity index (χ2v) is 6.80.